The number of carboxylic acids is 1. The van der Waals surface area contributed by atoms with Crippen LogP contribution in [-0.4, -0.2) is 27.8 Å². The van der Waals surface area contributed by atoms with Crippen molar-refractivity contribution in [3.63, 3.8) is 0 Å². The van der Waals surface area contributed by atoms with E-state index in [2.05, 4.69) is 0 Å². The third kappa shape index (κ3) is 3.23. The van der Waals surface area contributed by atoms with Crippen molar-refractivity contribution in [2.75, 3.05) is 0 Å². The van der Waals surface area contributed by atoms with E-state index in [1.165, 1.54) is 0 Å². The first kappa shape index (κ1) is 14.2. The molecule has 0 saturated carbocycles. The number of carbonyl (C=O) groups excluding carboxylic acids is 2. The molecule has 1 fully saturated rings. The van der Waals surface area contributed by atoms with Gasteiger partial charge in [-0.25, -0.2) is 0 Å². The highest BCUT2D eigenvalue weighted by atomic mass is 16.4. The second-order valence-electron chi connectivity index (χ2n) is 4.89. The largest absolute Gasteiger partial charge is 0.481 e. The molecule has 0 radical (unpaired) electrons. The Hall–Kier alpha value is -2.17. The summed E-state index contributed by atoms with van der Waals surface area (Å²) in [7, 11) is 0. The highest BCUT2D eigenvalue weighted by Crippen LogP contribution is 2.28. The summed E-state index contributed by atoms with van der Waals surface area (Å²) in [6.45, 7) is 0. The van der Waals surface area contributed by atoms with Gasteiger partial charge in [0.15, 0.2) is 0 Å². The van der Waals surface area contributed by atoms with Crippen molar-refractivity contribution < 1.29 is 19.5 Å². The molecule has 1 aromatic carbocycles. The molecule has 0 aromatic heterocycles. The lowest BCUT2D eigenvalue weighted by molar-refractivity contribution is -0.149. The van der Waals surface area contributed by atoms with Gasteiger partial charge in [-0.2, -0.15) is 0 Å². The fourth-order valence-corrected chi connectivity index (χ4v) is 2.48. The van der Waals surface area contributed by atoms with Crippen LogP contribution in [0.5, 0.6) is 0 Å². The summed E-state index contributed by atoms with van der Waals surface area (Å²) in [5.41, 5.74) is 0.679. The van der Waals surface area contributed by atoms with E-state index in [-0.39, 0.29) is 18.2 Å². The van der Waals surface area contributed by atoms with Gasteiger partial charge in [-0.05, 0) is 18.4 Å². The number of aliphatic carboxylic acids is 1. The number of rotatable bonds is 4. The molecule has 0 spiro atoms. The van der Waals surface area contributed by atoms with Crippen molar-refractivity contribution in [1.29, 1.82) is 0 Å². The number of hydrogen-bond acceptors (Lipinski definition) is 3. The summed E-state index contributed by atoms with van der Waals surface area (Å²) in [6.07, 6.45) is 1.69. The van der Waals surface area contributed by atoms with Gasteiger partial charge in [-0.1, -0.05) is 30.3 Å². The molecule has 1 aliphatic heterocycles. The molecule has 1 aliphatic rings. The second-order valence-corrected chi connectivity index (χ2v) is 4.89. The summed E-state index contributed by atoms with van der Waals surface area (Å²) < 4.78 is 0. The van der Waals surface area contributed by atoms with Gasteiger partial charge >= 0.3 is 5.97 Å². The first-order chi connectivity index (χ1) is 9.59. The molecule has 1 heterocycles. The zero-order valence-corrected chi connectivity index (χ0v) is 11.1. The minimum Gasteiger partial charge on any atom is -0.481 e. The summed E-state index contributed by atoms with van der Waals surface area (Å²) in [5, 5.41) is 9.07. The monoisotopic (exact) mass is 275 g/mol. The molecule has 20 heavy (non-hydrogen) atoms. The molecular weight excluding hydrogens is 258 g/mol. The molecule has 1 aromatic rings. The average Bonchev–Trinajstić information content (AvgIpc) is 2.59. The molecule has 0 bridgehead atoms. The quantitative estimate of drug-likeness (QED) is 0.854. The lowest BCUT2D eigenvalue weighted by Crippen LogP contribution is -2.39. The van der Waals surface area contributed by atoms with Crippen LogP contribution in [0.1, 0.15) is 43.7 Å². The van der Waals surface area contributed by atoms with Gasteiger partial charge in [0, 0.05) is 12.8 Å². The van der Waals surface area contributed by atoms with Crippen LogP contribution < -0.4 is 0 Å². The van der Waals surface area contributed by atoms with E-state index in [1.54, 1.807) is 24.3 Å². The first-order valence-corrected chi connectivity index (χ1v) is 6.71. The Kier molecular flexibility index (Phi) is 4.50. The third-order valence-corrected chi connectivity index (χ3v) is 3.43. The van der Waals surface area contributed by atoms with E-state index < -0.39 is 12.0 Å². The molecular formula is C15H17NO4. The number of benzene rings is 1. The van der Waals surface area contributed by atoms with Gasteiger partial charge in [0.25, 0.3) is 0 Å². The lowest BCUT2D eigenvalue weighted by Gasteiger charge is -2.28. The molecule has 0 aliphatic carbocycles. The number of imide groups is 1. The third-order valence-electron chi connectivity index (χ3n) is 3.43. The van der Waals surface area contributed by atoms with Crippen molar-refractivity contribution in [3.05, 3.63) is 35.9 Å². The maximum Gasteiger partial charge on any atom is 0.305 e. The number of hydrogen-bond donors (Lipinski definition) is 1. The van der Waals surface area contributed by atoms with Crippen LogP contribution in [0.2, 0.25) is 0 Å². The molecule has 1 unspecified atom stereocenters. The van der Waals surface area contributed by atoms with Crippen LogP contribution >= 0.6 is 0 Å². The minimum atomic E-state index is -1.02. The zero-order chi connectivity index (χ0) is 14.5. The Balaban J connectivity index is 2.36. The van der Waals surface area contributed by atoms with Crippen LogP contribution in [0, 0.1) is 0 Å². The van der Waals surface area contributed by atoms with Gasteiger partial charge in [-0.3, -0.25) is 19.3 Å². The van der Waals surface area contributed by atoms with Crippen molar-refractivity contribution in [2.45, 2.75) is 38.1 Å². The predicted octanol–water partition coefficient (Wildman–Crippen LogP) is 2.13. The van der Waals surface area contributed by atoms with E-state index >= 15 is 0 Å². The van der Waals surface area contributed by atoms with Gasteiger partial charge in [-0.15, -0.1) is 0 Å². The predicted molar refractivity (Wildman–Crippen MR) is 71.8 cm³/mol. The number of amides is 2. The normalized spacial score (nSPS) is 17.7. The molecule has 5 nitrogen and oxygen atoms in total. The highest BCUT2D eigenvalue weighted by Gasteiger charge is 2.33. The number of nitrogens with zero attached hydrogens (tertiary/aromatic N) is 1. The van der Waals surface area contributed by atoms with Crippen LogP contribution in [0.4, 0.5) is 0 Å². The average molecular weight is 275 g/mol. The zero-order valence-electron chi connectivity index (χ0n) is 11.1. The lowest BCUT2D eigenvalue weighted by atomic mass is 10.0. The van der Waals surface area contributed by atoms with Crippen LogP contribution in [0.3, 0.4) is 0 Å². The van der Waals surface area contributed by atoms with Gasteiger partial charge in [0.1, 0.15) is 0 Å². The molecule has 5 heteroatoms. The van der Waals surface area contributed by atoms with Crippen LogP contribution in [0.25, 0.3) is 0 Å². The smallest absolute Gasteiger partial charge is 0.305 e. The van der Waals surface area contributed by atoms with E-state index in [0.717, 1.165) is 4.90 Å². The Morgan fingerprint density at radius 1 is 1.10 bits per heavy atom. The fraction of sp³-hybridized carbons (Fsp3) is 0.400. The second kappa shape index (κ2) is 6.32. The van der Waals surface area contributed by atoms with Gasteiger partial charge < -0.3 is 5.11 Å². The Labute approximate surface area is 117 Å². The Morgan fingerprint density at radius 2 is 1.65 bits per heavy atom. The summed E-state index contributed by atoms with van der Waals surface area (Å²) >= 11 is 0. The molecule has 2 amide bonds. The standard InChI is InChI=1S/C15H17NO4/c17-13-8-4-5-9-14(18)16(13)12(10-15(19)20)11-6-2-1-3-7-11/h1-3,6-7,12H,4-5,8-10H2,(H,19,20). The maximum atomic E-state index is 12.1. The molecule has 2 rings (SSSR count). The maximum absolute atomic E-state index is 12.1. The van der Waals surface area contributed by atoms with E-state index in [4.69, 9.17) is 5.11 Å². The van der Waals surface area contributed by atoms with Crippen LogP contribution in [0.15, 0.2) is 30.3 Å². The van der Waals surface area contributed by atoms with Gasteiger partial charge in [0.2, 0.25) is 11.8 Å². The molecule has 1 saturated heterocycles. The van der Waals surface area contributed by atoms with E-state index in [9.17, 15) is 14.4 Å². The Bertz CT molecular complexity index is 494. The molecule has 1 N–H and O–H groups in total. The minimum absolute atomic E-state index is 0.262. The SMILES string of the molecule is O=C(O)CC(c1ccccc1)N1C(=O)CCCCC1=O. The number of likely N-dealkylation sites (tertiary alicyclic amines) is 1. The van der Waals surface area contributed by atoms with Crippen molar-refractivity contribution in [2.24, 2.45) is 0 Å². The summed E-state index contributed by atoms with van der Waals surface area (Å²) in [5.74, 6) is -1.58. The van der Waals surface area contributed by atoms with Crippen molar-refractivity contribution >= 4 is 17.8 Å². The molecule has 106 valence electrons. The molecule has 1 atom stereocenters. The summed E-state index contributed by atoms with van der Waals surface area (Å²) in [4.78, 5) is 36.5. The summed E-state index contributed by atoms with van der Waals surface area (Å²) in [6, 6.07) is 8.14. The first-order valence-electron chi connectivity index (χ1n) is 6.71. The van der Waals surface area contributed by atoms with Gasteiger partial charge in [0.05, 0.1) is 12.5 Å². The van der Waals surface area contributed by atoms with E-state index in [1.807, 2.05) is 6.07 Å². The van der Waals surface area contributed by atoms with Crippen molar-refractivity contribution in [3.8, 4) is 0 Å². The topological polar surface area (TPSA) is 74.7 Å². The van der Waals surface area contributed by atoms with Crippen molar-refractivity contribution in [1.82, 2.24) is 4.90 Å². The number of carboxylic acid groups (broad SMARTS) is 1. The fourth-order valence-electron chi connectivity index (χ4n) is 2.48. The highest BCUT2D eigenvalue weighted by molar-refractivity contribution is 5.97. The Morgan fingerprint density at radius 3 is 2.15 bits per heavy atom. The number of carbonyl (C=O) groups is 3. The van der Waals surface area contributed by atoms with Crippen LogP contribution in [-0.2, 0) is 14.4 Å². The van der Waals surface area contributed by atoms with E-state index in [0.29, 0.717) is 31.2 Å².